The third-order valence-electron chi connectivity index (χ3n) is 5.04. The Morgan fingerprint density at radius 1 is 1.10 bits per heavy atom. The maximum Gasteiger partial charge on any atom is 0.238 e. The second kappa shape index (κ2) is 8.04. The summed E-state index contributed by atoms with van der Waals surface area (Å²) in [6, 6.07) is 11.6. The van der Waals surface area contributed by atoms with Crippen molar-refractivity contribution in [3.63, 3.8) is 0 Å². The van der Waals surface area contributed by atoms with Gasteiger partial charge in [0.2, 0.25) is 5.91 Å². The molecule has 5 nitrogen and oxygen atoms in total. The van der Waals surface area contributed by atoms with Crippen molar-refractivity contribution in [3.8, 4) is 21.0 Å². The van der Waals surface area contributed by atoms with E-state index in [4.69, 9.17) is 5.73 Å². The first-order valence-corrected chi connectivity index (χ1v) is 10.2. The highest BCUT2D eigenvalue weighted by Crippen LogP contribution is 2.37. The summed E-state index contributed by atoms with van der Waals surface area (Å²) in [6.45, 7) is 0.573. The number of aromatic nitrogens is 1. The van der Waals surface area contributed by atoms with Gasteiger partial charge in [-0.3, -0.25) is 9.59 Å². The Bertz CT molecular complexity index is 1110. The summed E-state index contributed by atoms with van der Waals surface area (Å²) in [7, 11) is 0. The fraction of sp³-hybridized carbons (Fsp3) is 0.182. The van der Waals surface area contributed by atoms with Gasteiger partial charge in [0.15, 0.2) is 5.78 Å². The van der Waals surface area contributed by atoms with Gasteiger partial charge in [0.25, 0.3) is 0 Å². The maximum atomic E-state index is 13.7. The van der Waals surface area contributed by atoms with Crippen LogP contribution < -0.4 is 11.1 Å². The van der Waals surface area contributed by atoms with E-state index < -0.39 is 28.9 Å². The number of carbonyl (C=O) groups is 2. The molecule has 1 radical (unpaired) electrons. The van der Waals surface area contributed by atoms with Crippen molar-refractivity contribution < 1.29 is 18.4 Å². The molecule has 2 aromatic carbocycles. The number of nitrogens with two attached hydrogens (primary N) is 1. The number of hydrogen-bond acceptors (Lipinski definition) is 5. The van der Waals surface area contributed by atoms with Crippen molar-refractivity contribution in [2.75, 3.05) is 6.54 Å². The number of hydrogen-bond donors (Lipinski definition) is 2. The van der Waals surface area contributed by atoms with Crippen molar-refractivity contribution in [2.24, 2.45) is 5.73 Å². The molecule has 1 aliphatic rings. The van der Waals surface area contributed by atoms with Crippen molar-refractivity contribution in [3.05, 3.63) is 72.3 Å². The second-order valence-electron chi connectivity index (χ2n) is 7.09. The molecule has 3 aromatic rings. The molecule has 4 rings (SSSR count). The zero-order valence-corrected chi connectivity index (χ0v) is 16.6. The van der Waals surface area contributed by atoms with E-state index in [-0.39, 0.29) is 5.69 Å². The molecule has 0 bridgehead atoms. The monoisotopic (exact) mass is 426 g/mol. The largest absolute Gasteiger partial charge is 0.368 e. The van der Waals surface area contributed by atoms with Crippen molar-refractivity contribution in [1.82, 2.24) is 10.3 Å². The first-order chi connectivity index (χ1) is 14.4. The molecule has 153 valence electrons. The van der Waals surface area contributed by atoms with E-state index in [9.17, 15) is 18.4 Å². The number of rotatable bonds is 6. The summed E-state index contributed by atoms with van der Waals surface area (Å²) in [6.07, 6.45) is 2.41. The molecule has 1 atom stereocenters. The molecule has 0 spiro atoms. The number of benzene rings is 2. The van der Waals surface area contributed by atoms with E-state index in [0.29, 0.717) is 40.4 Å². The maximum absolute atomic E-state index is 13.7. The lowest BCUT2D eigenvalue weighted by molar-refractivity contribution is -0.122. The first-order valence-electron chi connectivity index (χ1n) is 9.36. The van der Waals surface area contributed by atoms with Crippen LogP contribution in [0.25, 0.3) is 21.0 Å². The van der Waals surface area contributed by atoms with Crippen molar-refractivity contribution in [2.45, 2.75) is 18.4 Å². The van der Waals surface area contributed by atoms with E-state index in [2.05, 4.69) is 10.3 Å². The smallest absolute Gasteiger partial charge is 0.238 e. The van der Waals surface area contributed by atoms with Crippen LogP contribution in [0.2, 0.25) is 0 Å². The average Bonchev–Trinajstić information content (AvgIpc) is 3.37. The highest BCUT2D eigenvalue weighted by Gasteiger charge is 2.42. The Labute approximate surface area is 175 Å². The van der Waals surface area contributed by atoms with Crippen LogP contribution in [0.1, 0.15) is 23.3 Å². The SMILES string of the molecule is NC(=O)C1([CH]C(=O)c2nc(-c3cccc(F)c3)sc2-c2ccc(F)cc2)CCCN1. The summed E-state index contributed by atoms with van der Waals surface area (Å²) >= 11 is 1.20. The normalized spacial score (nSPS) is 18.5. The summed E-state index contributed by atoms with van der Waals surface area (Å²) in [5, 5.41) is 3.45. The van der Waals surface area contributed by atoms with Crippen LogP contribution in [0.4, 0.5) is 8.78 Å². The van der Waals surface area contributed by atoms with E-state index >= 15 is 0 Å². The lowest BCUT2D eigenvalue weighted by Crippen LogP contribution is -2.53. The minimum atomic E-state index is -1.22. The topological polar surface area (TPSA) is 85.1 Å². The lowest BCUT2D eigenvalue weighted by Gasteiger charge is -2.24. The number of carbonyl (C=O) groups excluding carboxylic acids is 2. The van der Waals surface area contributed by atoms with E-state index in [0.717, 1.165) is 0 Å². The van der Waals surface area contributed by atoms with Crippen LogP contribution in [-0.2, 0) is 4.79 Å². The molecule has 30 heavy (non-hydrogen) atoms. The van der Waals surface area contributed by atoms with Crippen molar-refractivity contribution in [1.29, 1.82) is 0 Å². The Hall–Kier alpha value is -2.97. The molecule has 1 unspecified atom stereocenters. The molecule has 2 heterocycles. The number of thiazole rings is 1. The van der Waals surface area contributed by atoms with Crippen molar-refractivity contribution >= 4 is 23.0 Å². The molecular formula is C22H18F2N3O2S. The quantitative estimate of drug-likeness (QED) is 0.588. The molecule has 3 N–H and O–H groups in total. The van der Waals surface area contributed by atoms with E-state index in [1.54, 1.807) is 24.3 Å². The molecule has 0 saturated carbocycles. The Kier molecular flexibility index (Phi) is 5.44. The minimum absolute atomic E-state index is 0.111. The summed E-state index contributed by atoms with van der Waals surface area (Å²) < 4.78 is 27.1. The zero-order chi connectivity index (χ0) is 21.3. The number of nitrogens with zero attached hydrogens (tertiary/aromatic N) is 1. The molecule has 1 aliphatic heterocycles. The summed E-state index contributed by atoms with van der Waals surface area (Å²) in [4.78, 5) is 30.2. The number of amides is 1. The van der Waals surface area contributed by atoms with E-state index in [1.807, 2.05) is 0 Å². The molecule has 1 aromatic heterocycles. The van der Waals surface area contributed by atoms with Gasteiger partial charge < -0.3 is 11.1 Å². The van der Waals surface area contributed by atoms with Crippen LogP contribution in [0.5, 0.6) is 0 Å². The van der Waals surface area contributed by atoms with Gasteiger partial charge in [-0.25, -0.2) is 13.8 Å². The standard InChI is InChI=1S/C22H18F2N3O2S/c23-15-7-5-13(6-8-15)19-18(17(28)12-22(21(25)29)9-2-10-26-22)27-20(30-19)14-3-1-4-16(24)11-14/h1,3-8,11-12,26H,2,9-10H2,(H2,25,29). The third-order valence-corrected chi connectivity index (χ3v) is 6.20. The van der Waals surface area contributed by atoms with Gasteiger partial charge in [-0.1, -0.05) is 24.3 Å². The van der Waals surface area contributed by atoms with E-state index in [1.165, 1.54) is 42.0 Å². The summed E-state index contributed by atoms with van der Waals surface area (Å²) in [5.41, 5.74) is 5.56. The molecule has 8 heteroatoms. The minimum Gasteiger partial charge on any atom is -0.368 e. The number of nitrogens with one attached hydrogen (secondary N) is 1. The summed E-state index contributed by atoms with van der Waals surface area (Å²) in [5.74, 6) is -1.93. The van der Waals surface area contributed by atoms with Crippen LogP contribution in [0.3, 0.4) is 0 Å². The first kappa shape index (κ1) is 20.3. The van der Waals surface area contributed by atoms with Gasteiger partial charge in [-0.05, 0) is 49.2 Å². The lowest BCUT2D eigenvalue weighted by atomic mass is 9.89. The number of ketones is 1. The van der Waals surface area contributed by atoms with Gasteiger partial charge >= 0.3 is 0 Å². The van der Waals surface area contributed by atoms with Gasteiger partial charge in [0, 0.05) is 5.56 Å². The molecular weight excluding hydrogens is 408 g/mol. The van der Waals surface area contributed by atoms with Gasteiger partial charge in [0.05, 0.1) is 11.3 Å². The van der Waals surface area contributed by atoms with Crippen LogP contribution in [0.15, 0.2) is 48.5 Å². The second-order valence-corrected chi connectivity index (χ2v) is 8.09. The fourth-order valence-electron chi connectivity index (χ4n) is 3.49. The molecule has 0 aliphatic carbocycles. The van der Waals surface area contributed by atoms with Gasteiger partial charge in [-0.15, -0.1) is 11.3 Å². The van der Waals surface area contributed by atoms with Gasteiger partial charge in [-0.2, -0.15) is 0 Å². The number of primary amides is 1. The molecule has 1 amide bonds. The number of halogens is 2. The third kappa shape index (κ3) is 3.88. The molecule has 1 fully saturated rings. The highest BCUT2D eigenvalue weighted by atomic mass is 32.1. The predicted molar refractivity (Wildman–Crippen MR) is 111 cm³/mol. The van der Waals surface area contributed by atoms with Gasteiger partial charge in [0.1, 0.15) is 27.9 Å². The van der Waals surface area contributed by atoms with Crippen LogP contribution in [-0.4, -0.2) is 28.8 Å². The Balaban J connectivity index is 1.77. The number of Topliss-reactive ketones (excluding diaryl/α,β-unsaturated/α-hetero) is 1. The van der Waals surface area contributed by atoms with Crippen LogP contribution in [0, 0.1) is 18.1 Å². The highest BCUT2D eigenvalue weighted by molar-refractivity contribution is 7.18. The Morgan fingerprint density at radius 2 is 1.87 bits per heavy atom. The molecule has 1 saturated heterocycles. The average molecular weight is 426 g/mol. The van der Waals surface area contributed by atoms with Crippen LogP contribution >= 0.6 is 11.3 Å². The predicted octanol–water partition coefficient (Wildman–Crippen LogP) is 3.75. The Morgan fingerprint density at radius 3 is 2.50 bits per heavy atom. The zero-order valence-electron chi connectivity index (χ0n) is 15.8. The fourth-order valence-corrected chi connectivity index (χ4v) is 4.56.